The third-order valence-electron chi connectivity index (χ3n) is 1.89. The second-order valence-electron chi connectivity index (χ2n) is 2.84. The van der Waals surface area contributed by atoms with Crippen LogP contribution in [0.15, 0.2) is 12.1 Å². The van der Waals surface area contributed by atoms with Gasteiger partial charge in [0.1, 0.15) is 11.6 Å². The van der Waals surface area contributed by atoms with E-state index in [9.17, 15) is 4.39 Å². The summed E-state index contributed by atoms with van der Waals surface area (Å²) >= 11 is 0. The quantitative estimate of drug-likeness (QED) is 0.777. The van der Waals surface area contributed by atoms with Gasteiger partial charge in [0.25, 0.3) is 0 Å². The van der Waals surface area contributed by atoms with Crippen molar-refractivity contribution in [1.82, 2.24) is 0 Å². The fourth-order valence-electron chi connectivity index (χ4n) is 1.13. The van der Waals surface area contributed by atoms with Crippen molar-refractivity contribution in [2.24, 2.45) is 5.73 Å². The maximum Gasteiger partial charge on any atom is 0.130 e. The SMILES string of the molecule is CCOc1cc(CN)cc(F)c1C. The third-order valence-corrected chi connectivity index (χ3v) is 1.89. The summed E-state index contributed by atoms with van der Waals surface area (Å²) in [6.07, 6.45) is 0. The number of ether oxygens (including phenoxy) is 1. The average molecular weight is 183 g/mol. The monoisotopic (exact) mass is 183 g/mol. The van der Waals surface area contributed by atoms with Gasteiger partial charge in [0.2, 0.25) is 0 Å². The molecule has 1 rings (SSSR count). The molecule has 3 heteroatoms. The predicted octanol–water partition coefficient (Wildman–Crippen LogP) is 1.99. The van der Waals surface area contributed by atoms with Crippen molar-refractivity contribution in [3.8, 4) is 5.75 Å². The highest BCUT2D eigenvalue weighted by Gasteiger charge is 2.06. The van der Waals surface area contributed by atoms with Crippen molar-refractivity contribution < 1.29 is 9.13 Å². The lowest BCUT2D eigenvalue weighted by atomic mass is 10.1. The molecule has 0 bridgehead atoms. The highest BCUT2D eigenvalue weighted by Crippen LogP contribution is 2.22. The van der Waals surface area contributed by atoms with Gasteiger partial charge in [0.15, 0.2) is 0 Å². The second-order valence-corrected chi connectivity index (χ2v) is 2.84. The molecule has 1 aromatic carbocycles. The van der Waals surface area contributed by atoms with Crippen LogP contribution in [0, 0.1) is 12.7 Å². The van der Waals surface area contributed by atoms with Crippen LogP contribution in [0.2, 0.25) is 0 Å². The molecular formula is C10H14FNO. The zero-order chi connectivity index (χ0) is 9.84. The molecule has 0 saturated heterocycles. The standard InChI is InChI=1S/C10H14FNO/c1-3-13-10-5-8(6-12)4-9(11)7(10)2/h4-5H,3,6,12H2,1-2H3. The normalized spacial score (nSPS) is 10.2. The zero-order valence-corrected chi connectivity index (χ0v) is 7.93. The van der Waals surface area contributed by atoms with E-state index < -0.39 is 0 Å². The topological polar surface area (TPSA) is 35.2 Å². The summed E-state index contributed by atoms with van der Waals surface area (Å²) in [5, 5.41) is 0. The number of benzene rings is 1. The number of nitrogens with two attached hydrogens (primary N) is 1. The van der Waals surface area contributed by atoms with Gasteiger partial charge in [-0.05, 0) is 31.5 Å². The van der Waals surface area contributed by atoms with Gasteiger partial charge in [-0.1, -0.05) is 0 Å². The van der Waals surface area contributed by atoms with Crippen LogP contribution in [0.4, 0.5) is 4.39 Å². The molecule has 13 heavy (non-hydrogen) atoms. The molecule has 1 aromatic rings. The Kier molecular flexibility index (Phi) is 3.25. The summed E-state index contributed by atoms with van der Waals surface area (Å²) in [4.78, 5) is 0. The van der Waals surface area contributed by atoms with Crippen LogP contribution < -0.4 is 10.5 Å². The Hall–Kier alpha value is -1.09. The van der Waals surface area contributed by atoms with E-state index in [2.05, 4.69) is 0 Å². The molecule has 2 nitrogen and oxygen atoms in total. The molecule has 0 fully saturated rings. The molecule has 0 atom stereocenters. The largest absolute Gasteiger partial charge is 0.493 e. The van der Waals surface area contributed by atoms with Gasteiger partial charge in [-0.25, -0.2) is 4.39 Å². The number of hydrogen-bond acceptors (Lipinski definition) is 2. The van der Waals surface area contributed by atoms with E-state index in [0.29, 0.717) is 24.5 Å². The minimum atomic E-state index is -0.258. The van der Waals surface area contributed by atoms with Crippen LogP contribution in [0.3, 0.4) is 0 Å². The maximum absolute atomic E-state index is 13.2. The molecule has 0 radical (unpaired) electrons. The molecule has 0 aliphatic heterocycles. The Balaban J connectivity index is 3.09. The molecule has 0 heterocycles. The van der Waals surface area contributed by atoms with E-state index in [1.165, 1.54) is 6.07 Å². The van der Waals surface area contributed by atoms with E-state index in [0.717, 1.165) is 5.56 Å². The molecule has 0 spiro atoms. The molecule has 0 unspecified atom stereocenters. The summed E-state index contributed by atoms with van der Waals surface area (Å²) in [6, 6.07) is 3.22. The minimum absolute atomic E-state index is 0.258. The average Bonchev–Trinajstić information content (AvgIpc) is 2.13. The van der Waals surface area contributed by atoms with Crippen molar-refractivity contribution in [1.29, 1.82) is 0 Å². The fourth-order valence-corrected chi connectivity index (χ4v) is 1.13. The van der Waals surface area contributed by atoms with Crippen molar-refractivity contribution in [3.05, 3.63) is 29.1 Å². The predicted molar refractivity (Wildman–Crippen MR) is 50.2 cm³/mol. The second kappa shape index (κ2) is 4.23. The van der Waals surface area contributed by atoms with Gasteiger partial charge >= 0.3 is 0 Å². The van der Waals surface area contributed by atoms with Crippen molar-refractivity contribution in [2.75, 3.05) is 6.61 Å². The first-order valence-electron chi connectivity index (χ1n) is 4.31. The highest BCUT2D eigenvalue weighted by molar-refractivity contribution is 5.37. The van der Waals surface area contributed by atoms with Gasteiger partial charge in [0.05, 0.1) is 6.61 Å². The Bertz CT molecular complexity index is 299. The van der Waals surface area contributed by atoms with Gasteiger partial charge in [-0.15, -0.1) is 0 Å². The van der Waals surface area contributed by atoms with E-state index in [1.807, 2.05) is 6.92 Å². The van der Waals surface area contributed by atoms with Crippen LogP contribution in [-0.4, -0.2) is 6.61 Å². The summed E-state index contributed by atoms with van der Waals surface area (Å²) < 4.78 is 18.5. The van der Waals surface area contributed by atoms with Crippen molar-refractivity contribution >= 4 is 0 Å². The molecule has 2 N–H and O–H groups in total. The maximum atomic E-state index is 13.2. The van der Waals surface area contributed by atoms with Crippen LogP contribution in [0.5, 0.6) is 5.75 Å². The van der Waals surface area contributed by atoms with E-state index in [-0.39, 0.29) is 5.82 Å². The smallest absolute Gasteiger partial charge is 0.130 e. The Morgan fingerprint density at radius 2 is 2.15 bits per heavy atom. The third kappa shape index (κ3) is 2.18. The van der Waals surface area contributed by atoms with Crippen molar-refractivity contribution in [3.63, 3.8) is 0 Å². The Morgan fingerprint density at radius 1 is 1.46 bits per heavy atom. The molecular weight excluding hydrogens is 169 g/mol. The van der Waals surface area contributed by atoms with E-state index >= 15 is 0 Å². The summed E-state index contributed by atoms with van der Waals surface area (Å²) in [7, 11) is 0. The Morgan fingerprint density at radius 3 is 2.69 bits per heavy atom. The van der Waals surface area contributed by atoms with Crippen LogP contribution in [-0.2, 0) is 6.54 Å². The molecule has 0 aromatic heterocycles. The van der Waals surface area contributed by atoms with Gasteiger partial charge in [-0.2, -0.15) is 0 Å². The van der Waals surface area contributed by atoms with Crippen LogP contribution >= 0.6 is 0 Å². The summed E-state index contributed by atoms with van der Waals surface area (Å²) in [5.41, 5.74) is 6.71. The first kappa shape index (κ1) is 9.99. The van der Waals surface area contributed by atoms with Crippen LogP contribution in [0.1, 0.15) is 18.1 Å². The molecule has 72 valence electrons. The first-order chi connectivity index (χ1) is 6.19. The lowest BCUT2D eigenvalue weighted by Gasteiger charge is -2.09. The molecule has 0 aliphatic carbocycles. The summed E-state index contributed by atoms with van der Waals surface area (Å²) in [6.45, 7) is 4.43. The zero-order valence-electron chi connectivity index (χ0n) is 7.93. The van der Waals surface area contributed by atoms with Crippen LogP contribution in [0.25, 0.3) is 0 Å². The lowest BCUT2D eigenvalue weighted by molar-refractivity contribution is 0.335. The summed E-state index contributed by atoms with van der Waals surface area (Å²) in [5.74, 6) is 0.328. The van der Waals surface area contributed by atoms with E-state index in [1.54, 1.807) is 13.0 Å². The number of halogens is 1. The number of rotatable bonds is 3. The fraction of sp³-hybridized carbons (Fsp3) is 0.400. The Labute approximate surface area is 77.5 Å². The van der Waals surface area contributed by atoms with Gasteiger partial charge < -0.3 is 10.5 Å². The lowest BCUT2D eigenvalue weighted by Crippen LogP contribution is -2.01. The highest BCUT2D eigenvalue weighted by atomic mass is 19.1. The number of hydrogen-bond donors (Lipinski definition) is 1. The molecule has 0 saturated carbocycles. The molecule has 0 aliphatic rings. The first-order valence-corrected chi connectivity index (χ1v) is 4.31. The van der Waals surface area contributed by atoms with Crippen molar-refractivity contribution in [2.45, 2.75) is 20.4 Å². The molecule has 0 amide bonds. The van der Waals surface area contributed by atoms with Gasteiger partial charge in [-0.3, -0.25) is 0 Å². The van der Waals surface area contributed by atoms with Gasteiger partial charge in [0, 0.05) is 12.1 Å². The van der Waals surface area contributed by atoms with E-state index in [4.69, 9.17) is 10.5 Å². The minimum Gasteiger partial charge on any atom is -0.493 e.